The molecule has 0 bridgehead atoms. The number of hydrogen-bond donors (Lipinski definition) is 0. The molecule has 0 aliphatic rings. The van der Waals surface area contributed by atoms with E-state index in [4.69, 9.17) is 0 Å². The lowest BCUT2D eigenvalue weighted by atomic mass is 10.4. The number of rotatable bonds is 4. The van der Waals surface area contributed by atoms with Crippen molar-refractivity contribution in [2.45, 2.75) is 12.8 Å². The van der Waals surface area contributed by atoms with Gasteiger partial charge in [0.1, 0.15) is 0 Å². The number of hydrogen-bond acceptors (Lipinski definition) is 4. The number of esters is 1. The van der Waals surface area contributed by atoms with Gasteiger partial charge in [-0.2, -0.15) is 0 Å². The quantitative estimate of drug-likeness (QED) is 0.247. The Labute approximate surface area is 58.1 Å². The molecule has 0 saturated carbocycles. The summed E-state index contributed by atoms with van der Waals surface area (Å²) in [6.07, 6.45) is 0.372. The van der Waals surface area contributed by atoms with Crippen molar-refractivity contribution in [3.8, 4) is 0 Å². The van der Waals surface area contributed by atoms with Gasteiger partial charge in [0.25, 0.3) is 0 Å². The number of ether oxygens (including phenoxy) is 1. The minimum Gasteiger partial charge on any atom is -0.469 e. The van der Waals surface area contributed by atoms with Gasteiger partial charge in [-0.05, 0) is 0 Å². The predicted molar refractivity (Wildman–Crippen MR) is 33.1 cm³/mol. The van der Waals surface area contributed by atoms with Crippen LogP contribution in [0.15, 0.2) is 0 Å². The zero-order valence-corrected chi connectivity index (χ0v) is 5.70. The molecule has 10 heavy (non-hydrogen) atoms. The molecular formula is C5H9NO4. The summed E-state index contributed by atoms with van der Waals surface area (Å²) < 4.78 is 4.27. The van der Waals surface area contributed by atoms with E-state index in [0.29, 0.717) is 0 Å². The molecule has 0 fully saturated rings. The minimum atomic E-state index is -0.455. The van der Waals surface area contributed by atoms with Crippen molar-refractivity contribution in [3.63, 3.8) is 0 Å². The lowest BCUT2D eigenvalue weighted by Crippen LogP contribution is -2.05. The average molecular weight is 148 g/mol. The second kappa shape index (κ2) is 4.72. The second-order valence-electron chi connectivity index (χ2n) is 1.74. The molecule has 0 spiro atoms. The van der Waals surface area contributed by atoms with Gasteiger partial charge >= 0.3 is 5.97 Å². The molecule has 0 aliphatic carbocycles. The van der Waals surface area contributed by atoms with Crippen LogP contribution in [0.2, 0.25) is 0 Å². The normalized spacial score (nSPS) is 8.90. The van der Waals surface area contributed by atoms with Crippen LogP contribution in [0.3, 0.4) is 0 Å². The van der Waals surface area contributed by atoms with Gasteiger partial charge in [-0.15, -0.1) is 0 Å². The molecule has 0 radical (unpaired) electrons. The number of nitro groups is 1. The molecule has 0 aromatic rings. The highest BCUT2D eigenvalue weighted by Crippen LogP contribution is 1.90. The van der Waals surface area contributed by atoms with Gasteiger partial charge in [-0.3, -0.25) is 14.9 Å². The van der Waals surface area contributed by atoms with E-state index in [1.807, 2.05) is 0 Å². The molecule has 0 atom stereocenters. The Hall–Kier alpha value is -1.13. The molecule has 0 amide bonds. The Bertz CT molecular complexity index is 134. The fourth-order valence-electron chi connectivity index (χ4n) is 0.455. The average Bonchev–Trinajstić information content (AvgIpc) is 1.87. The van der Waals surface area contributed by atoms with Crippen LogP contribution in [-0.2, 0) is 9.53 Å². The van der Waals surface area contributed by atoms with E-state index in [9.17, 15) is 14.9 Å². The van der Waals surface area contributed by atoms with E-state index in [1.165, 1.54) is 7.11 Å². The van der Waals surface area contributed by atoms with E-state index >= 15 is 0 Å². The van der Waals surface area contributed by atoms with Crippen LogP contribution in [-0.4, -0.2) is 24.5 Å². The standard InChI is InChI=1S/C5H9NO4/c1-10-5(7)3-2-4-6(8)9/h2-4H2,1H3/i4+1. The zero-order valence-electron chi connectivity index (χ0n) is 5.70. The van der Waals surface area contributed by atoms with Crippen molar-refractivity contribution in [2.75, 3.05) is 13.7 Å². The van der Waals surface area contributed by atoms with Crippen molar-refractivity contribution in [1.82, 2.24) is 0 Å². The van der Waals surface area contributed by atoms with Gasteiger partial charge in [-0.25, -0.2) is 0 Å². The SMILES string of the molecule is COC(=O)CC[13CH2][N+](=O)[O-]. The van der Waals surface area contributed by atoms with Gasteiger partial charge < -0.3 is 4.74 Å². The first-order chi connectivity index (χ1) is 4.66. The molecule has 0 rings (SSSR count). The van der Waals surface area contributed by atoms with E-state index < -0.39 is 10.9 Å². The van der Waals surface area contributed by atoms with Crippen LogP contribution in [0.25, 0.3) is 0 Å². The molecular weight excluding hydrogens is 139 g/mol. The molecule has 0 N–H and O–H groups in total. The van der Waals surface area contributed by atoms with Crippen molar-refractivity contribution in [3.05, 3.63) is 10.1 Å². The van der Waals surface area contributed by atoms with Crippen LogP contribution >= 0.6 is 0 Å². The van der Waals surface area contributed by atoms with E-state index in [2.05, 4.69) is 4.74 Å². The first-order valence-corrected chi connectivity index (χ1v) is 2.85. The maximum atomic E-state index is 10.3. The Morgan fingerprint density at radius 2 is 2.30 bits per heavy atom. The molecule has 0 unspecified atom stereocenters. The number of nitrogens with zero attached hydrogens (tertiary/aromatic N) is 1. The van der Waals surface area contributed by atoms with E-state index in [-0.39, 0.29) is 19.4 Å². The van der Waals surface area contributed by atoms with Gasteiger partial charge in [0, 0.05) is 11.3 Å². The molecule has 0 aromatic heterocycles. The van der Waals surface area contributed by atoms with Crippen LogP contribution in [0.5, 0.6) is 0 Å². The summed E-state index contributed by atoms with van der Waals surface area (Å²) in [7, 11) is 1.26. The Kier molecular flexibility index (Phi) is 4.19. The zero-order chi connectivity index (χ0) is 7.98. The first kappa shape index (κ1) is 8.87. The largest absolute Gasteiger partial charge is 0.469 e. The lowest BCUT2D eigenvalue weighted by Gasteiger charge is -1.93. The van der Waals surface area contributed by atoms with Gasteiger partial charge in [0.15, 0.2) is 0 Å². The van der Waals surface area contributed by atoms with Gasteiger partial charge in [0.2, 0.25) is 6.54 Å². The molecule has 5 nitrogen and oxygen atoms in total. The highest BCUT2D eigenvalue weighted by Gasteiger charge is 2.02. The third kappa shape index (κ3) is 5.02. The summed E-state index contributed by atoms with van der Waals surface area (Å²) in [4.78, 5) is 19.6. The van der Waals surface area contributed by atoms with Crippen LogP contribution in [0, 0.1) is 10.1 Å². The number of methoxy groups -OCH3 is 1. The highest BCUT2D eigenvalue weighted by molar-refractivity contribution is 5.68. The smallest absolute Gasteiger partial charge is 0.305 e. The molecule has 58 valence electrons. The van der Waals surface area contributed by atoms with Gasteiger partial charge in [0.05, 0.1) is 13.5 Å². The van der Waals surface area contributed by atoms with Crippen LogP contribution < -0.4 is 0 Å². The van der Waals surface area contributed by atoms with Crippen LogP contribution in [0.4, 0.5) is 0 Å². The molecule has 0 aliphatic heterocycles. The van der Waals surface area contributed by atoms with E-state index in [0.717, 1.165) is 0 Å². The topological polar surface area (TPSA) is 69.4 Å². The van der Waals surface area contributed by atoms with Crippen molar-refractivity contribution in [2.24, 2.45) is 0 Å². The predicted octanol–water partition coefficient (Wildman–Crippen LogP) is 0.216. The fraction of sp³-hybridized carbons (Fsp3) is 0.800. The van der Waals surface area contributed by atoms with Crippen molar-refractivity contribution in [1.29, 1.82) is 0 Å². The summed E-state index contributed by atoms with van der Waals surface area (Å²) in [6, 6.07) is 0. The third-order valence-corrected chi connectivity index (χ3v) is 0.949. The van der Waals surface area contributed by atoms with Crippen LogP contribution in [0.1, 0.15) is 12.8 Å². The monoisotopic (exact) mass is 148 g/mol. The molecule has 0 saturated heterocycles. The van der Waals surface area contributed by atoms with E-state index in [1.54, 1.807) is 0 Å². The summed E-state index contributed by atoms with van der Waals surface area (Å²) in [6.45, 7) is -0.172. The molecule has 0 aromatic carbocycles. The summed E-state index contributed by atoms with van der Waals surface area (Å²) in [5.74, 6) is -0.401. The fourth-order valence-corrected chi connectivity index (χ4v) is 0.455. The highest BCUT2D eigenvalue weighted by atomic mass is 16.6. The molecule has 5 heteroatoms. The number of carbonyl (C=O) groups excluding carboxylic acids is 1. The van der Waals surface area contributed by atoms with Crippen molar-refractivity contribution < 1.29 is 14.5 Å². The number of carbonyl (C=O) groups is 1. The van der Waals surface area contributed by atoms with Crippen molar-refractivity contribution >= 4 is 5.97 Å². The second-order valence-corrected chi connectivity index (χ2v) is 1.74. The Morgan fingerprint density at radius 1 is 1.70 bits per heavy atom. The maximum absolute atomic E-state index is 10.3. The lowest BCUT2D eigenvalue weighted by molar-refractivity contribution is -0.480. The molecule has 0 heterocycles. The Balaban J connectivity index is 3.20. The summed E-state index contributed by atoms with van der Waals surface area (Å²) in [5, 5.41) is 9.72. The third-order valence-electron chi connectivity index (χ3n) is 0.949. The summed E-state index contributed by atoms with van der Waals surface area (Å²) >= 11 is 0. The van der Waals surface area contributed by atoms with Gasteiger partial charge in [-0.1, -0.05) is 0 Å². The Morgan fingerprint density at radius 3 is 2.70 bits per heavy atom. The minimum absolute atomic E-state index is 0.123. The first-order valence-electron chi connectivity index (χ1n) is 2.85. The summed E-state index contributed by atoms with van der Waals surface area (Å²) in [5.41, 5.74) is 0. The maximum Gasteiger partial charge on any atom is 0.305 e.